The van der Waals surface area contributed by atoms with Crippen LogP contribution in [0.2, 0.25) is 0 Å². The van der Waals surface area contributed by atoms with E-state index in [2.05, 4.69) is 6.07 Å². The molecule has 1 aliphatic heterocycles. The second-order valence-electron chi connectivity index (χ2n) is 5.10. The van der Waals surface area contributed by atoms with E-state index in [-0.39, 0.29) is 0 Å². The summed E-state index contributed by atoms with van der Waals surface area (Å²) in [5.41, 5.74) is 2.39. The molecule has 0 radical (unpaired) electrons. The number of methoxy groups -OCH3 is 1. The van der Waals surface area contributed by atoms with Gasteiger partial charge in [-0.1, -0.05) is 30.3 Å². The van der Waals surface area contributed by atoms with Gasteiger partial charge < -0.3 is 14.2 Å². The summed E-state index contributed by atoms with van der Waals surface area (Å²) in [6, 6.07) is 17.4. The molecule has 0 aliphatic carbocycles. The maximum atomic E-state index is 9.29. The third-order valence-corrected chi connectivity index (χ3v) is 3.83. The van der Waals surface area contributed by atoms with Gasteiger partial charge in [-0.3, -0.25) is 0 Å². The third-order valence-electron chi connectivity index (χ3n) is 3.83. The minimum absolute atomic E-state index is 0.469. The molecule has 0 amide bonds. The Balaban J connectivity index is 2.04. The molecule has 1 fully saturated rings. The summed E-state index contributed by atoms with van der Waals surface area (Å²) in [4.78, 5) is 0. The maximum absolute atomic E-state index is 9.29. The van der Waals surface area contributed by atoms with Crippen molar-refractivity contribution in [2.45, 2.75) is 12.2 Å². The summed E-state index contributed by atoms with van der Waals surface area (Å²) < 4.78 is 17.4. The van der Waals surface area contributed by atoms with Crippen LogP contribution in [0.4, 0.5) is 0 Å². The highest BCUT2D eigenvalue weighted by atomic mass is 16.7. The van der Waals surface area contributed by atoms with Crippen molar-refractivity contribution in [3.8, 4) is 11.8 Å². The maximum Gasteiger partial charge on any atom is 0.202 e. The second-order valence-corrected chi connectivity index (χ2v) is 5.10. The van der Waals surface area contributed by atoms with Crippen LogP contribution in [0, 0.1) is 11.3 Å². The molecule has 112 valence electrons. The van der Waals surface area contributed by atoms with Crippen molar-refractivity contribution >= 4 is 0 Å². The SMILES string of the molecule is COc1ccccc1C1(Cc2ccccc2C#N)OCCO1. The van der Waals surface area contributed by atoms with Gasteiger partial charge in [-0.15, -0.1) is 0 Å². The van der Waals surface area contributed by atoms with Gasteiger partial charge in [0.05, 0.1) is 37.5 Å². The number of para-hydroxylation sites is 1. The first-order valence-corrected chi connectivity index (χ1v) is 7.18. The molecular formula is C18H17NO3. The Morgan fingerprint density at radius 1 is 1.09 bits per heavy atom. The predicted molar refractivity (Wildman–Crippen MR) is 81.4 cm³/mol. The Kier molecular flexibility index (Phi) is 4.10. The standard InChI is InChI=1S/C18H17NO3/c1-20-17-9-5-4-8-16(17)18(21-10-11-22-18)12-14-6-2-3-7-15(14)13-19/h2-9H,10-12H2,1H3. The van der Waals surface area contributed by atoms with E-state index in [1.54, 1.807) is 13.2 Å². The normalized spacial score (nSPS) is 16.2. The highest BCUT2D eigenvalue weighted by molar-refractivity contribution is 5.42. The van der Waals surface area contributed by atoms with Crippen LogP contribution in [0.15, 0.2) is 48.5 Å². The van der Waals surface area contributed by atoms with Crippen molar-refractivity contribution in [3.63, 3.8) is 0 Å². The topological polar surface area (TPSA) is 51.5 Å². The minimum atomic E-state index is -0.903. The van der Waals surface area contributed by atoms with Gasteiger partial charge in [0, 0.05) is 6.42 Å². The van der Waals surface area contributed by atoms with Crippen molar-refractivity contribution in [3.05, 3.63) is 65.2 Å². The minimum Gasteiger partial charge on any atom is -0.496 e. The van der Waals surface area contributed by atoms with Crippen LogP contribution in [0.5, 0.6) is 5.75 Å². The van der Waals surface area contributed by atoms with E-state index in [1.807, 2.05) is 42.5 Å². The largest absolute Gasteiger partial charge is 0.496 e. The first-order chi connectivity index (χ1) is 10.8. The van der Waals surface area contributed by atoms with Gasteiger partial charge >= 0.3 is 0 Å². The molecule has 0 bridgehead atoms. The first-order valence-electron chi connectivity index (χ1n) is 7.18. The van der Waals surface area contributed by atoms with Crippen LogP contribution in [-0.4, -0.2) is 20.3 Å². The number of ether oxygens (including phenoxy) is 3. The molecule has 0 N–H and O–H groups in total. The van der Waals surface area contributed by atoms with Gasteiger partial charge in [-0.05, 0) is 23.8 Å². The highest BCUT2D eigenvalue weighted by Crippen LogP contribution is 2.40. The molecule has 1 saturated heterocycles. The second kappa shape index (κ2) is 6.18. The number of benzene rings is 2. The van der Waals surface area contributed by atoms with Gasteiger partial charge in [-0.25, -0.2) is 0 Å². The fraction of sp³-hybridized carbons (Fsp3) is 0.278. The number of hydrogen-bond acceptors (Lipinski definition) is 4. The van der Waals surface area contributed by atoms with Gasteiger partial charge in [0.25, 0.3) is 0 Å². The predicted octanol–water partition coefficient (Wildman–Crippen LogP) is 3.01. The van der Waals surface area contributed by atoms with Gasteiger partial charge in [0.1, 0.15) is 5.75 Å². The van der Waals surface area contributed by atoms with E-state index in [0.29, 0.717) is 25.2 Å². The summed E-state index contributed by atoms with van der Waals surface area (Å²) in [6.07, 6.45) is 0.469. The van der Waals surface area contributed by atoms with Gasteiger partial charge in [-0.2, -0.15) is 5.26 Å². The van der Waals surface area contributed by atoms with Crippen molar-refractivity contribution in [1.82, 2.24) is 0 Å². The van der Waals surface area contributed by atoms with Crippen molar-refractivity contribution in [2.24, 2.45) is 0 Å². The summed E-state index contributed by atoms with van der Waals surface area (Å²) in [6.45, 7) is 1.04. The number of rotatable bonds is 4. The molecule has 1 aliphatic rings. The fourth-order valence-electron chi connectivity index (χ4n) is 2.80. The highest BCUT2D eigenvalue weighted by Gasteiger charge is 2.41. The molecule has 1 heterocycles. The lowest BCUT2D eigenvalue weighted by Crippen LogP contribution is -2.31. The fourth-order valence-corrected chi connectivity index (χ4v) is 2.80. The quantitative estimate of drug-likeness (QED) is 0.870. The van der Waals surface area contributed by atoms with E-state index >= 15 is 0 Å². The molecule has 2 aromatic carbocycles. The van der Waals surface area contributed by atoms with Crippen LogP contribution in [-0.2, 0) is 21.7 Å². The molecule has 0 saturated carbocycles. The van der Waals surface area contributed by atoms with Crippen molar-refractivity contribution < 1.29 is 14.2 Å². The molecule has 22 heavy (non-hydrogen) atoms. The Morgan fingerprint density at radius 2 is 1.77 bits per heavy atom. The third kappa shape index (κ3) is 2.57. The Morgan fingerprint density at radius 3 is 2.50 bits per heavy atom. The Hall–Kier alpha value is -2.35. The summed E-state index contributed by atoms with van der Waals surface area (Å²) in [7, 11) is 1.63. The number of nitrogens with zero attached hydrogens (tertiary/aromatic N) is 1. The Bertz CT molecular complexity index is 699. The Labute approximate surface area is 129 Å². The molecular weight excluding hydrogens is 278 g/mol. The molecule has 2 aromatic rings. The monoisotopic (exact) mass is 295 g/mol. The first kappa shape index (κ1) is 14.6. The van der Waals surface area contributed by atoms with Crippen LogP contribution in [0.3, 0.4) is 0 Å². The zero-order valence-electron chi connectivity index (χ0n) is 12.4. The van der Waals surface area contributed by atoms with E-state index in [4.69, 9.17) is 14.2 Å². The average Bonchev–Trinajstić information content (AvgIpc) is 3.05. The molecule has 0 unspecified atom stereocenters. The summed E-state index contributed by atoms with van der Waals surface area (Å²) in [5.74, 6) is -0.182. The summed E-state index contributed by atoms with van der Waals surface area (Å²) >= 11 is 0. The summed E-state index contributed by atoms with van der Waals surface area (Å²) in [5, 5.41) is 9.29. The number of nitriles is 1. The molecule has 4 heteroatoms. The van der Waals surface area contributed by atoms with Gasteiger partial charge in [0.2, 0.25) is 5.79 Å². The molecule has 0 spiro atoms. The van der Waals surface area contributed by atoms with E-state index in [0.717, 1.165) is 16.9 Å². The van der Waals surface area contributed by atoms with Crippen molar-refractivity contribution in [1.29, 1.82) is 5.26 Å². The lowest BCUT2D eigenvalue weighted by molar-refractivity contribution is -0.165. The molecule has 4 nitrogen and oxygen atoms in total. The van der Waals surface area contributed by atoms with E-state index in [1.165, 1.54) is 0 Å². The van der Waals surface area contributed by atoms with Crippen LogP contribution >= 0.6 is 0 Å². The lowest BCUT2D eigenvalue weighted by atomic mass is 9.94. The van der Waals surface area contributed by atoms with Crippen LogP contribution < -0.4 is 4.74 Å². The van der Waals surface area contributed by atoms with Crippen LogP contribution in [0.25, 0.3) is 0 Å². The lowest BCUT2D eigenvalue weighted by Gasteiger charge is -2.29. The molecule has 0 atom stereocenters. The number of hydrogen-bond donors (Lipinski definition) is 0. The van der Waals surface area contributed by atoms with E-state index in [9.17, 15) is 5.26 Å². The van der Waals surface area contributed by atoms with Crippen molar-refractivity contribution in [2.75, 3.05) is 20.3 Å². The molecule has 0 aromatic heterocycles. The molecule has 3 rings (SSSR count). The zero-order valence-corrected chi connectivity index (χ0v) is 12.4. The zero-order chi connectivity index (χ0) is 15.4. The van der Waals surface area contributed by atoms with Gasteiger partial charge in [0.15, 0.2) is 0 Å². The van der Waals surface area contributed by atoms with E-state index < -0.39 is 5.79 Å². The smallest absolute Gasteiger partial charge is 0.202 e. The van der Waals surface area contributed by atoms with Crippen LogP contribution in [0.1, 0.15) is 16.7 Å². The average molecular weight is 295 g/mol.